The summed E-state index contributed by atoms with van der Waals surface area (Å²) in [6, 6.07) is 12.7. The Balaban J connectivity index is 0.742. The number of anilines is 2. The molecule has 68 heavy (non-hydrogen) atoms. The van der Waals surface area contributed by atoms with Gasteiger partial charge in [0.15, 0.2) is 5.82 Å². The standard InChI is InChI=1S/C52H60F3N9O4/c1-3-31-5-4-6-32-21-36(65)24-38(43(31)32)46-45(55)47-39(25-56-46)48(64-26-33-7-8-34(27-64)57-33)60-50(59-47)68-30-52(11-12-52)29-61-15-13-51(2,14-16-61)28-62-17-19-63(20-18-62)35-22-40(53)44(41(54)23-35)37-9-10-42(66)58-49(37)67/h4-6,21-25,33-34,37,57,65H,3,7-20,26-30H2,1-2H3,(H,58,66,67). The minimum atomic E-state index is -1.01. The number of benzene rings is 3. The molecule has 3 aromatic carbocycles. The minimum absolute atomic E-state index is 0.0330. The maximum absolute atomic E-state index is 17.2. The van der Waals surface area contributed by atoms with Crippen LogP contribution in [-0.4, -0.2) is 126 Å². The fraction of sp³-hybridized carbons (Fsp3) is 0.519. The van der Waals surface area contributed by atoms with Crippen molar-refractivity contribution in [1.82, 2.24) is 35.4 Å². The number of nitrogens with zero attached hydrogens (tertiary/aromatic N) is 7. The smallest absolute Gasteiger partial charge is 0.319 e. The molecule has 5 saturated heterocycles. The van der Waals surface area contributed by atoms with E-state index in [0.717, 1.165) is 114 Å². The maximum Gasteiger partial charge on any atom is 0.319 e. The van der Waals surface area contributed by atoms with Crippen molar-refractivity contribution in [2.75, 3.05) is 81.9 Å². The first-order valence-corrected chi connectivity index (χ1v) is 24.6. The highest BCUT2D eigenvalue weighted by molar-refractivity contribution is 6.02. The van der Waals surface area contributed by atoms with Crippen LogP contribution in [0.5, 0.6) is 11.8 Å². The predicted molar refractivity (Wildman–Crippen MR) is 255 cm³/mol. The van der Waals surface area contributed by atoms with Crippen molar-refractivity contribution < 1.29 is 32.6 Å². The number of ether oxygens (including phenoxy) is 1. The fourth-order valence-electron chi connectivity index (χ4n) is 11.8. The summed E-state index contributed by atoms with van der Waals surface area (Å²) in [5, 5.41) is 18.9. The number of carbonyl (C=O) groups is 2. The Morgan fingerprint density at radius 2 is 1.57 bits per heavy atom. The van der Waals surface area contributed by atoms with Crippen molar-refractivity contribution in [3.63, 3.8) is 0 Å². The quantitative estimate of drug-likeness (QED) is 0.110. The lowest BCUT2D eigenvalue weighted by molar-refractivity contribution is -0.134. The lowest BCUT2D eigenvalue weighted by Crippen LogP contribution is -2.52. The van der Waals surface area contributed by atoms with Gasteiger partial charge in [0.25, 0.3) is 0 Å². The summed E-state index contributed by atoms with van der Waals surface area (Å²) in [6.45, 7) is 13.0. The molecule has 11 rings (SSSR count). The summed E-state index contributed by atoms with van der Waals surface area (Å²) in [4.78, 5) is 47.7. The van der Waals surface area contributed by atoms with Crippen LogP contribution < -0.4 is 25.2 Å². The predicted octanol–water partition coefficient (Wildman–Crippen LogP) is 7.07. The Kier molecular flexibility index (Phi) is 11.7. The van der Waals surface area contributed by atoms with E-state index in [1.807, 2.05) is 23.1 Å². The van der Waals surface area contributed by atoms with Crippen LogP contribution in [0.2, 0.25) is 0 Å². The summed E-state index contributed by atoms with van der Waals surface area (Å²) in [5.41, 5.74) is 2.17. The molecule has 2 bridgehead atoms. The molecule has 5 aromatic rings. The van der Waals surface area contributed by atoms with Crippen molar-refractivity contribution in [1.29, 1.82) is 0 Å². The molecule has 7 heterocycles. The number of imide groups is 1. The first-order valence-electron chi connectivity index (χ1n) is 24.6. The Bertz CT molecular complexity index is 2760. The number of fused-ring (bicyclic) bond motifs is 4. The van der Waals surface area contributed by atoms with Gasteiger partial charge in [0.1, 0.15) is 34.4 Å². The number of halogens is 3. The molecule has 3 atom stereocenters. The molecule has 1 aliphatic carbocycles. The molecule has 3 N–H and O–H groups in total. The van der Waals surface area contributed by atoms with E-state index < -0.39 is 35.2 Å². The summed E-state index contributed by atoms with van der Waals surface area (Å²) < 4.78 is 54.4. The Hall–Kier alpha value is -5.58. The van der Waals surface area contributed by atoms with E-state index in [1.165, 1.54) is 12.1 Å². The van der Waals surface area contributed by atoms with Gasteiger partial charge in [0, 0.05) is 99.3 Å². The SMILES string of the molecule is CCc1cccc2cc(O)cc(-c3ncc4c(N5CC6CCC(C5)N6)nc(OCC5(CN6CCC(C)(CN7CCN(c8cc(F)c(C9CCC(=O)NC9=O)c(F)c8)CC7)CC6)CC5)nc4c3F)c12. The van der Waals surface area contributed by atoms with Crippen molar-refractivity contribution in [3.05, 3.63) is 77.2 Å². The molecule has 1 saturated carbocycles. The summed E-state index contributed by atoms with van der Waals surface area (Å²) in [5.74, 6) is -3.47. The van der Waals surface area contributed by atoms with Gasteiger partial charge in [-0.15, -0.1) is 0 Å². The third-order valence-electron chi connectivity index (χ3n) is 15.9. The Labute approximate surface area is 394 Å². The molecule has 3 unspecified atom stereocenters. The molecule has 0 radical (unpaired) electrons. The number of piperidine rings is 2. The van der Waals surface area contributed by atoms with Gasteiger partial charge in [-0.25, -0.2) is 13.2 Å². The first-order chi connectivity index (χ1) is 32.8. The number of hydrogen-bond acceptors (Lipinski definition) is 12. The zero-order valence-corrected chi connectivity index (χ0v) is 38.9. The average molecular weight is 932 g/mol. The number of piperazine rings is 2. The molecule has 2 aromatic heterocycles. The van der Waals surface area contributed by atoms with E-state index in [0.29, 0.717) is 54.2 Å². The Morgan fingerprint density at radius 3 is 2.26 bits per heavy atom. The lowest BCUT2D eigenvalue weighted by Gasteiger charge is -2.45. The van der Waals surface area contributed by atoms with Crippen LogP contribution in [0.4, 0.5) is 24.7 Å². The third-order valence-corrected chi connectivity index (χ3v) is 15.9. The van der Waals surface area contributed by atoms with Crippen LogP contribution in [0.1, 0.15) is 82.3 Å². The minimum Gasteiger partial charge on any atom is -0.508 e. The monoisotopic (exact) mass is 931 g/mol. The largest absolute Gasteiger partial charge is 0.508 e. The third kappa shape index (κ3) is 8.72. The first kappa shape index (κ1) is 44.9. The van der Waals surface area contributed by atoms with Crippen molar-refractivity contribution in [3.8, 4) is 23.0 Å². The molecule has 16 heteroatoms. The number of carbonyl (C=O) groups excluding carboxylic acids is 2. The number of aromatic nitrogens is 3. The van der Waals surface area contributed by atoms with Crippen LogP contribution in [0, 0.1) is 28.3 Å². The normalized spacial score (nSPS) is 23.9. The highest BCUT2D eigenvalue weighted by Gasteiger charge is 2.46. The highest BCUT2D eigenvalue weighted by atomic mass is 19.1. The van der Waals surface area contributed by atoms with E-state index in [9.17, 15) is 14.7 Å². The number of phenolic OH excluding ortho intramolecular Hbond substituents is 1. The van der Waals surface area contributed by atoms with Gasteiger partial charge < -0.3 is 29.9 Å². The number of aryl methyl sites for hydroxylation is 1. The number of nitrogens with one attached hydrogen (secondary N) is 2. The second-order valence-electron chi connectivity index (χ2n) is 20.9. The topological polar surface area (TPSA) is 139 Å². The van der Waals surface area contributed by atoms with Crippen LogP contribution in [-0.2, 0) is 16.0 Å². The molecule has 5 aliphatic heterocycles. The second kappa shape index (κ2) is 17.7. The number of phenols is 1. The zero-order valence-electron chi connectivity index (χ0n) is 38.9. The molecular weight excluding hydrogens is 872 g/mol. The summed E-state index contributed by atoms with van der Waals surface area (Å²) in [7, 11) is 0. The van der Waals surface area contributed by atoms with Crippen LogP contribution >= 0.6 is 0 Å². The van der Waals surface area contributed by atoms with E-state index in [2.05, 4.69) is 39.2 Å². The number of pyridine rings is 1. The summed E-state index contributed by atoms with van der Waals surface area (Å²) >= 11 is 0. The lowest BCUT2D eigenvalue weighted by atomic mass is 9.79. The number of amides is 2. The van der Waals surface area contributed by atoms with Crippen molar-refractivity contribution >= 4 is 45.0 Å². The van der Waals surface area contributed by atoms with E-state index in [1.54, 1.807) is 18.3 Å². The van der Waals surface area contributed by atoms with Gasteiger partial charge in [0.2, 0.25) is 11.8 Å². The fourth-order valence-corrected chi connectivity index (χ4v) is 11.8. The molecular formula is C52H60F3N9O4. The van der Waals surface area contributed by atoms with E-state index in [4.69, 9.17) is 19.7 Å². The average Bonchev–Trinajstić information content (AvgIpc) is 4.01. The second-order valence-corrected chi connectivity index (χ2v) is 20.9. The highest BCUT2D eigenvalue weighted by Crippen LogP contribution is 2.48. The van der Waals surface area contributed by atoms with Gasteiger partial charge in [-0.05, 0) is 110 Å². The molecule has 6 aliphatic rings. The van der Waals surface area contributed by atoms with E-state index in [-0.39, 0.29) is 52.2 Å². The zero-order chi connectivity index (χ0) is 46.9. The van der Waals surface area contributed by atoms with Gasteiger partial charge in [-0.3, -0.25) is 24.8 Å². The number of aromatic hydroxyl groups is 1. The molecule has 2 amide bonds. The van der Waals surface area contributed by atoms with Crippen LogP contribution in [0.3, 0.4) is 0 Å². The van der Waals surface area contributed by atoms with Crippen molar-refractivity contribution in [2.45, 2.75) is 89.6 Å². The molecule has 13 nitrogen and oxygen atoms in total. The van der Waals surface area contributed by atoms with Crippen LogP contribution in [0.15, 0.2) is 48.7 Å². The Morgan fingerprint density at radius 1 is 0.853 bits per heavy atom. The van der Waals surface area contributed by atoms with Crippen LogP contribution in [0.25, 0.3) is 32.9 Å². The number of hydrogen-bond donors (Lipinski definition) is 3. The number of rotatable bonds is 12. The number of likely N-dealkylation sites (tertiary alicyclic amines) is 1. The maximum atomic E-state index is 17.2. The van der Waals surface area contributed by atoms with Gasteiger partial charge in [-0.1, -0.05) is 32.0 Å². The molecule has 6 fully saturated rings. The summed E-state index contributed by atoms with van der Waals surface area (Å²) in [6.07, 6.45) is 8.92. The molecule has 358 valence electrons. The van der Waals surface area contributed by atoms with E-state index >= 15 is 13.2 Å². The molecule has 0 spiro atoms. The van der Waals surface area contributed by atoms with Gasteiger partial charge in [0.05, 0.1) is 17.9 Å². The van der Waals surface area contributed by atoms with Gasteiger partial charge in [-0.2, -0.15) is 9.97 Å². The van der Waals surface area contributed by atoms with Gasteiger partial charge >= 0.3 is 6.01 Å². The van der Waals surface area contributed by atoms with Crippen molar-refractivity contribution in [2.24, 2.45) is 10.8 Å².